The summed E-state index contributed by atoms with van der Waals surface area (Å²) in [5.74, 6) is -1.05. The molecule has 9 heteroatoms. The van der Waals surface area contributed by atoms with Crippen LogP contribution < -0.4 is 5.32 Å². The van der Waals surface area contributed by atoms with Crippen molar-refractivity contribution in [1.29, 1.82) is 0 Å². The van der Waals surface area contributed by atoms with Gasteiger partial charge in [-0.3, -0.25) is 24.6 Å². The van der Waals surface area contributed by atoms with Gasteiger partial charge in [0.25, 0.3) is 5.69 Å². The molecule has 1 aromatic rings. The number of benzene rings is 1. The Hall–Kier alpha value is -2.68. The molecule has 2 aliphatic rings. The third-order valence-corrected chi connectivity index (χ3v) is 4.43. The van der Waals surface area contributed by atoms with Gasteiger partial charge in [0.2, 0.25) is 0 Å². The largest absolute Gasteiger partial charge is 0.508 e. The Balaban J connectivity index is 1.54. The lowest BCUT2D eigenvalue weighted by atomic mass is 10.1. The van der Waals surface area contributed by atoms with E-state index in [1.807, 2.05) is 4.90 Å². The highest BCUT2D eigenvalue weighted by molar-refractivity contribution is 6.35. The van der Waals surface area contributed by atoms with Crippen LogP contribution in [0.5, 0.6) is 5.75 Å². The zero-order valence-electron chi connectivity index (χ0n) is 13.7. The Kier molecular flexibility index (Phi) is 4.84. The Morgan fingerprint density at radius 1 is 1.24 bits per heavy atom. The average Bonchev–Trinajstić information content (AvgIpc) is 3.40. The van der Waals surface area contributed by atoms with Gasteiger partial charge in [-0.1, -0.05) is 0 Å². The molecule has 1 saturated heterocycles. The highest BCUT2D eigenvalue weighted by Crippen LogP contribution is 2.24. The molecule has 25 heavy (non-hydrogen) atoms. The van der Waals surface area contributed by atoms with Gasteiger partial charge in [-0.25, -0.2) is 0 Å². The summed E-state index contributed by atoms with van der Waals surface area (Å²) in [7, 11) is 0. The minimum absolute atomic E-state index is 0.00733. The highest BCUT2D eigenvalue weighted by Gasteiger charge is 2.30. The molecular formula is C16H20N4O5. The molecule has 2 amide bonds. The van der Waals surface area contributed by atoms with Crippen LogP contribution in [0.4, 0.5) is 5.69 Å². The van der Waals surface area contributed by atoms with E-state index < -0.39 is 16.7 Å². The van der Waals surface area contributed by atoms with E-state index in [4.69, 9.17) is 0 Å². The third kappa shape index (κ3) is 4.24. The third-order valence-electron chi connectivity index (χ3n) is 4.43. The van der Waals surface area contributed by atoms with E-state index in [2.05, 4.69) is 5.32 Å². The van der Waals surface area contributed by atoms with Crippen molar-refractivity contribution in [1.82, 2.24) is 15.1 Å². The summed E-state index contributed by atoms with van der Waals surface area (Å²) in [5.41, 5.74) is 0.402. The van der Waals surface area contributed by atoms with E-state index >= 15 is 0 Å². The maximum Gasteiger partial charge on any atom is 0.311 e. The first-order valence-electron chi connectivity index (χ1n) is 8.22. The number of carbonyl (C=O) groups excluding carboxylic acids is 2. The SMILES string of the molecule is O=C(NC1CC1)C(=O)N1CCN(Cc2cc([N+](=O)[O-])ccc2O)CC1. The molecule has 1 aromatic carbocycles. The van der Waals surface area contributed by atoms with Gasteiger partial charge in [0.05, 0.1) is 4.92 Å². The Bertz CT molecular complexity index is 696. The molecule has 1 saturated carbocycles. The first-order chi connectivity index (χ1) is 11.9. The van der Waals surface area contributed by atoms with Crippen LogP contribution in [0.25, 0.3) is 0 Å². The Morgan fingerprint density at radius 2 is 1.92 bits per heavy atom. The molecule has 3 rings (SSSR count). The van der Waals surface area contributed by atoms with Crippen molar-refractivity contribution in [2.75, 3.05) is 26.2 Å². The number of rotatable bonds is 4. The maximum atomic E-state index is 12.1. The van der Waals surface area contributed by atoms with Crippen molar-refractivity contribution in [2.24, 2.45) is 0 Å². The quantitative estimate of drug-likeness (QED) is 0.457. The fourth-order valence-electron chi connectivity index (χ4n) is 2.78. The molecule has 1 aliphatic carbocycles. The van der Waals surface area contributed by atoms with Gasteiger partial charge in [-0.05, 0) is 18.9 Å². The number of nitrogens with one attached hydrogen (secondary N) is 1. The molecule has 0 atom stereocenters. The van der Waals surface area contributed by atoms with Gasteiger partial charge in [-0.2, -0.15) is 0 Å². The number of aromatic hydroxyl groups is 1. The van der Waals surface area contributed by atoms with E-state index in [-0.39, 0.29) is 17.5 Å². The number of phenolic OH excluding ortho intramolecular Hbond substituents is 1. The predicted octanol–water partition coefficient (Wildman–Crippen LogP) is 0.223. The molecule has 0 spiro atoms. The minimum atomic E-state index is -0.549. The Labute approximate surface area is 144 Å². The van der Waals surface area contributed by atoms with Gasteiger partial charge >= 0.3 is 11.8 Å². The number of piperazine rings is 1. The fourth-order valence-corrected chi connectivity index (χ4v) is 2.78. The smallest absolute Gasteiger partial charge is 0.311 e. The van der Waals surface area contributed by atoms with Crippen LogP contribution in [0.2, 0.25) is 0 Å². The number of nitro groups is 1. The van der Waals surface area contributed by atoms with Gasteiger partial charge in [-0.15, -0.1) is 0 Å². The number of hydrogen-bond acceptors (Lipinski definition) is 6. The molecule has 134 valence electrons. The number of non-ortho nitro benzene ring substituents is 1. The van der Waals surface area contributed by atoms with Crippen LogP contribution in [-0.2, 0) is 16.1 Å². The van der Waals surface area contributed by atoms with Crippen LogP contribution in [-0.4, -0.2) is 63.9 Å². The molecule has 1 aliphatic heterocycles. The summed E-state index contributed by atoms with van der Waals surface area (Å²) in [6.45, 7) is 2.23. The average molecular weight is 348 g/mol. The number of phenols is 1. The number of hydrogen-bond donors (Lipinski definition) is 2. The normalized spacial score (nSPS) is 18.0. The number of nitrogens with zero attached hydrogens (tertiary/aromatic N) is 3. The predicted molar refractivity (Wildman–Crippen MR) is 87.8 cm³/mol. The molecule has 9 nitrogen and oxygen atoms in total. The van der Waals surface area contributed by atoms with Crippen LogP contribution in [0, 0.1) is 10.1 Å². The van der Waals surface area contributed by atoms with Gasteiger partial charge < -0.3 is 15.3 Å². The van der Waals surface area contributed by atoms with Crippen LogP contribution in [0.15, 0.2) is 18.2 Å². The summed E-state index contributed by atoms with van der Waals surface area (Å²) in [5, 5.41) is 23.4. The fraction of sp³-hybridized carbons (Fsp3) is 0.500. The zero-order chi connectivity index (χ0) is 18.0. The first-order valence-corrected chi connectivity index (χ1v) is 8.22. The molecule has 0 bridgehead atoms. The second kappa shape index (κ2) is 7.06. The van der Waals surface area contributed by atoms with Crippen molar-refractivity contribution < 1.29 is 19.6 Å². The van der Waals surface area contributed by atoms with Crippen LogP contribution in [0.1, 0.15) is 18.4 Å². The maximum absolute atomic E-state index is 12.1. The topological polar surface area (TPSA) is 116 Å². The number of nitro benzene ring substituents is 1. The molecule has 2 fully saturated rings. The second-order valence-electron chi connectivity index (χ2n) is 6.39. The first kappa shape index (κ1) is 17.2. The van der Waals surface area contributed by atoms with Gasteiger partial charge in [0, 0.05) is 56.5 Å². The second-order valence-corrected chi connectivity index (χ2v) is 6.39. The number of carbonyl (C=O) groups is 2. The van der Waals surface area contributed by atoms with E-state index in [0.717, 1.165) is 12.8 Å². The van der Waals surface area contributed by atoms with Crippen molar-refractivity contribution in [3.63, 3.8) is 0 Å². The monoisotopic (exact) mass is 348 g/mol. The summed E-state index contributed by atoms with van der Waals surface area (Å²) in [4.78, 5) is 37.7. The summed E-state index contributed by atoms with van der Waals surface area (Å²) in [6, 6.07) is 4.08. The molecular weight excluding hydrogens is 328 g/mol. The molecule has 2 N–H and O–H groups in total. The zero-order valence-corrected chi connectivity index (χ0v) is 13.7. The Morgan fingerprint density at radius 3 is 2.52 bits per heavy atom. The van der Waals surface area contributed by atoms with E-state index in [9.17, 15) is 24.8 Å². The highest BCUT2D eigenvalue weighted by atomic mass is 16.6. The van der Waals surface area contributed by atoms with Crippen LogP contribution in [0.3, 0.4) is 0 Å². The minimum Gasteiger partial charge on any atom is -0.508 e. The molecule has 0 unspecified atom stereocenters. The van der Waals surface area contributed by atoms with Crippen molar-refractivity contribution >= 4 is 17.5 Å². The lowest BCUT2D eigenvalue weighted by molar-refractivity contribution is -0.385. The van der Waals surface area contributed by atoms with Gasteiger partial charge in [0.15, 0.2) is 0 Å². The standard InChI is InChI=1S/C16H20N4O5/c21-14-4-3-13(20(24)25)9-11(14)10-18-5-7-19(8-6-18)16(23)15(22)17-12-1-2-12/h3-4,9,12,21H,1-2,5-8,10H2,(H,17,22). The van der Waals surface area contributed by atoms with E-state index in [1.54, 1.807) is 0 Å². The molecule has 0 radical (unpaired) electrons. The number of amides is 2. The van der Waals surface area contributed by atoms with E-state index in [1.165, 1.54) is 23.1 Å². The molecule has 0 aromatic heterocycles. The lowest BCUT2D eigenvalue weighted by Gasteiger charge is -2.34. The van der Waals surface area contributed by atoms with E-state index in [0.29, 0.717) is 38.3 Å². The van der Waals surface area contributed by atoms with Gasteiger partial charge in [0.1, 0.15) is 5.75 Å². The van der Waals surface area contributed by atoms with Crippen LogP contribution >= 0.6 is 0 Å². The lowest BCUT2D eigenvalue weighted by Crippen LogP contribution is -2.52. The summed E-state index contributed by atoms with van der Waals surface area (Å²) < 4.78 is 0. The molecule has 1 heterocycles. The van der Waals surface area contributed by atoms with Crippen molar-refractivity contribution in [3.05, 3.63) is 33.9 Å². The van der Waals surface area contributed by atoms with Crippen molar-refractivity contribution in [3.8, 4) is 5.75 Å². The summed E-state index contributed by atoms with van der Waals surface area (Å²) in [6.07, 6.45) is 1.86. The summed E-state index contributed by atoms with van der Waals surface area (Å²) >= 11 is 0. The van der Waals surface area contributed by atoms with Crippen molar-refractivity contribution in [2.45, 2.75) is 25.4 Å².